The molecule has 8 nitrogen and oxygen atoms in total. The second kappa shape index (κ2) is 7.59. The van der Waals surface area contributed by atoms with E-state index in [4.69, 9.17) is 17.3 Å². The van der Waals surface area contributed by atoms with E-state index >= 15 is 0 Å². The number of hydrogen-bond donors (Lipinski definition) is 2. The predicted molar refractivity (Wildman–Crippen MR) is 119 cm³/mol. The summed E-state index contributed by atoms with van der Waals surface area (Å²) in [6.07, 6.45) is 2.73. The molecule has 4 rings (SSSR count). The van der Waals surface area contributed by atoms with Crippen molar-refractivity contribution in [3.05, 3.63) is 53.2 Å². The van der Waals surface area contributed by atoms with Crippen molar-refractivity contribution in [2.45, 2.75) is 24.1 Å². The largest absolute Gasteiger partial charge is 0.386 e. The van der Waals surface area contributed by atoms with Crippen LogP contribution >= 0.6 is 11.6 Å². The number of amidine groups is 1. The lowest BCUT2D eigenvalue weighted by atomic mass is 9.92. The van der Waals surface area contributed by atoms with Crippen molar-refractivity contribution in [3.63, 3.8) is 0 Å². The molecule has 0 fully saturated rings. The molecule has 1 aromatic carbocycles. The molecule has 0 unspecified atom stereocenters. The van der Waals surface area contributed by atoms with Gasteiger partial charge in [-0.05, 0) is 38.1 Å². The van der Waals surface area contributed by atoms with E-state index in [9.17, 15) is 17.2 Å². The fourth-order valence-electron chi connectivity index (χ4n) is 3.44. The van der Waals surface area contributed by atoms with E-state index in [1.807, 2.05) is 0 Å². The Hall–Kier alpha value is -2.92. The number of nitrogens with zero attached hydrogens (tertiary/aromatic N) is 4. The summed E-state index contributed by atoms with van der Waals surface area (Å²) in [5.41, 5.74) is 4.87. The Morgan fingerprint density at radius 1 is 1.22 bits per heavy atom. The van der Waals surface area contributed by atoms with E-state index in [0.29, 0.717) is 27.6 Å². The first-order valence-electron chi connectivity index (χ1n) is 9.46. The van der Waals surface area contributed by atoms with E-state index in [0.717, 1.165) is 6.07 Å². The minimum atomic E-state index is -3.93. The first-order valence-corrected chi connectivity index (χ1v) is 11.5. The van der Waals surface area contributed by atoms with E-state index in [1.165, 1.54) is 38.5 Å². The summed E-state index contributed by atoms with van der Waals surface area (Å²) in [5, 5.41) is 3.38. The summed E-state index contributed by atoms with van der Waals surface area (Å²) < 4.78 is 53.3. The molecule has 1 atom stereocenters. The van der Waals surface area contributed by atoms with Crippen molar-refractivity contribution in [2.75, 3.05) is 17.7 Å². The summed E-state index contributed by atoms with van der Waals surface area (Å²) >= 11 is 5.95. The monoisotopic (exact) mass is 480 g/mol. The van der Waals surface area contributed by atoms with E-state index in [-0.39, 0.29) is 11.4 Å². The van der Waals surface area contributed by atoms with Crippen molar-refractivity contribution in [1.82, 2.24) is 15.0 Å². The van der Waals surface area contributed by atoms with Gasteiger partial charge in [-0.25, -0.2) is 32.2 Å². The van der Waals surface area contributed by atoms with Gasteiger partial charge >= 0.3 is 0 Å². The lowest BCUT2D eigenvalue weighted by molar-refractivity contribution is 0.324. The number of sulfone groups is 1. The minimum absolute atomic E-state index is 0.235. The van der Waals surface area contributed by atoms with Gasteiger partial charge in [0, 0.05) is 17.4 Å². The van der Waals surface area contributed by atoms with Crippen LogP contribution in [-0.4, -0.2) is 46.4 Å². The SMILES string of the molecule is CC1(C)C(N)=N[C@](CF)(c2cc(Nc3ncnc4cc(Cl)cnc34)ccc2F)CS1(=O)=O. The number of pyridine rings is 1. The van der Waals surface area contributed by atoms with E-state index < -0.39 is 38.4 Å². The van der Waals surface area contributed by atoms with Gasteiger partial charge in [0.1, 0.15) is 40.5 Å². The van der Waals surface area contributed by atoms with Gasteiger partial charge in [-0.1, -0.05) is 11.6 Å². The van der Waals surface area contributed by atoms with Crippen molar-refractivity contribution in [2.24, 2.45) is 10.7 Å². The molecule has 3 N–H and O–H groups in total. The second-order valence-electron chi connectivity index (χ2n) is 7.99. The second-order valence-corrected chi connectivity index (χ2v) is 11.0. The highest BCUT2D eigenvalue weighted by Crippen LogP contribution is 2.39. The van der Waals surface area contributed by atoms with Crippen LogP contribution in [0.2, 0.25) is 5.02 Å². The minimum Gasteiger partial charge on any atom is -0.386 e. The standard InChI is InChI=1S/C20H19ClF2N6O2S/c1-19(2)18(24)29-20(8-22,9-32(19,30)31)13-6-12(3-4-14(13)23)28-17-16-15(26-10-27-17)5-11(21)7-25-16/h3-7,10H,8-9H2,1-2H3,(H2,24,29)(H,26,27,28)/t20-/m0/s1. The summed E-state index contributed by atoms with van der Waals surface area (Å²) in [4.78, 5) is 16.6. The van der Waals surface area contributed by atoms with E-state index in [1.54, 1.807) is 6.07 Å². The molecule has 3 heterocycles. The molecule has 0 amide bonds. The van der Waals surface area contributed by atoms with Crippen LogP contribution in [0.15, 0.2) is 41.8 Å². The van der Waals surface area contributed by atoms with Gasteiger partial charge in [0.05, 0.1) is 16.3 Å². The van der Waals surface area contributed by atoms with Gasteiger partial charge in [-0.15, -0.1) is 0 Å². The molecular formula is C20H19ClF2N6O2S. The average Bonchev–Trinajstić information content (AvgIpc) is 2.73. The molecule has 0 radical (unpaired) electrons. The number of anilines is 2. The molecule has 2 aromatic heterocycles. The molecule has 168 valence electrons. The van der Waals surface area contributed by atoms with E-state index in [2.05, 4.69) is 25.3 Å². The summed E-state index contributed by atoms with van der Waals surface area (Å²) in [6.45, 7) is 1.52. The molecule has 3 aromatic rings. The topological polar surface area (TPSA) is 123 Å². The zero-order valence-corrected chi connectivity index (χ0v) is 18.7. The van der Waals surface area contributed by atoms with Crippen LogP contribution in [-0.2, 0) is 15.4 Å². The van der Waals surface area contributed by atoms with Crippen molar-refractivity contribution < 1.29 is 17.2 Å². The average molecular weight is 481 g/mol. The molecule has 32 heavy (non-hydrogen) atoms. The normalized spacial score (nSPS) is 21.8. The zero-order valence-electron chi connectivity index (χ0n) is 17.1. The van der Waals surface area contributed by atoms with Gasteiger partial charge in [-0.2, -0.15) is 0 Å². The van der Waals surface area contributed by atoms with Crippen LogP contribution in [0.5, 0.6) is 0 Å². The van der Waals surface area contributed by atoms with Crippen molar-refractivity contribution >= 4 is 49.8 Å². The Labute approximate surface area is 187 Å². The van der Waals surface area contributed by atoms with Crippen molar-refractivity contribution in [3.8, 4) is 0 Å². The first-order chi connectivity index (χ1) is 15.0. The fraction of sp³-hybridized carbons (Fsp3) is 0.300. The number of rotatable bonds is 4. The third-order valence-electron chi connectivity index (χ3n) is 5.55. The van der Waals surface area contributed by atoms with Crippen LogP contribution in [0.1, 0.15) is 19.4 Å². The maximum atomic E-state index is 14.8. The lowest BCUT2D eigenvalue weighted by Crippen LogP contribution is -2.56. The molecule has 1 aliphatic heterocycles. The van der Waals surface area contributed by atoms with Gasteiger partial charge in [0.2, 0.25) is 0 Å². The summed E-state index contributed by atoms with van der Waals surface area (Å²) in [7, 11) is -3.93. The highest BCUT2D eigenvalue weighted by Gasteiger charge is 2.51. The Balaban J connectivity index is 1.81. The zero-order chi connectivity index (χ0) is 23.3. The number of halogens is 3. The Bertz CT molecular complexity index is 1370. The molecule has 1 aliphatic rings. The number of aromatic nitrogens is 3. The fourth-order valence-corrected chi connectivity index (χ4v) is 5.24. The van der Waals surface area contributed by atoms with Gasteiger partial charge in [-0.3, -0.25) is 4.99 Å². The number of nitrogens with two attached hydrogens (primary N) is 1. The quantitative estimate of drug-likeness (QED) is 0.587. The van der Waals surface area contributed by atoms with Crippen LogP contribution in [0, 0.1) is 5.82 Å². The lowest BCUT2D eigenvalue weighted by Gasteiger charge is -2.38. The third kappa shape index (κ3) is 3.55. The maximum absolute atomic E-state index is 14.8. The van der Waals surface area contributed by atoms with Gasteiger partial charge in [0.15, 0.2) is 15.7 Å². The molecule has 0 saturated carbocycles. The van der Waals surface area contributed by atoms with Gasteiger partial charge < -0.3 is 11.1 Å². The smallest absolute Gasteiger partial charge is 0.165 e. The van der Waals surface area contributed by atoms with Crippen LogP contribution in [0.4, 0.5) is 20.3 Å². The van der Waals surface area contributed by atoms with Gasteiger partial charge in [0.25, 0.3) is 0 Å². The number of hydrogen-bond acceptors (Lipinski definition) is 8. The molecule has 0 bridgehead atoms. The number of aliphatic imine (C=N–C) groups is 1. The van der Waals surface area contributed by atoms with Crippen LogP contribution in [0.3, 0.4) is 0 Å². The number of fused-ring (bicyclic) bond motifs is 1. The Morgan fingerprint density at radius 3 is 2.66 bits per heavy atom. The number of nitrogens with one attached hydrogen (secondary N) is 1. The number of benzene rings is 1. The highest BCUT2D eigenvalue weighted by molar-refractivity contribution is 7.93. The third-order valence-corrected chi connectivity index (χ3v) is 8.38. The molecule has 0 saturated heterocycles. The highest BCUT2D eigenvalue weighted by atomic mass is 35.5. The molecule has 0 aliphatic carbocycles. The van der Waals surface area contributed by atoms with Crippen LogP contribution in [0.25, 0.3) is 11.0 Å². The van der Waals surface area contributed by atoms with Crippen LogP contribution < -0.4 is 11.1 Å². The molecule has 0 spiro atoms. The summed E-state index contributed by atoms with van der Waals surface area (Å²) in [6, 6.07) is 5.41. The predicted octanol–water partition coefficient (Wildman–Crippen LogP) is 3.29. The molecular weight excluding hydrogens is 462 g/mol. The Kier molecular flexibility index (Phi) is 5.29. The first kappa shape index (κ1) is 22.3. The number of alkyl halides is 1. The van der Waals surface area contributed by atoms with Crippen molar-refractivity contribution in [1.29, 1.82) is 0 Å². The Morgan fingerprint density at radius 2 is 1.97 bits per heavy atom. The maximum Gasteiger partial charge on any atom is 0.165 e. The summed E-state index contributed by atoms with van der Waals surface area (Å²) in [5.74, 6) is -1.50. The molecule has 12 heteroatoms.